The standard InChI is InChI=1S/C16H15Br2NO4S/c1-23-16(20)10-15(11-2-4-12(17)5-3-11)19-24(21,22)14-8-6-13(18)7-9-14/h2-9,15,19H,10H2,1H3. The summed E-state index contributed by atoms with van der Waals surface area (Å²) < 4.78 is 34.0. The molecule has 0 fully saturated rings. The van der Waals surface area contributed by atoms with Gasteiger partial charge in [-0.25, -0.2) is 13.1 Å². The molecule has 128 valence electrons. The van der Waals surface area contributed by atoms with Gasteiger partial charge in [-0.2, -0.15) is 0 Å². The molecular formula is C16H15Br2NO4S. The minimum atomic E-state index is -3.78. The molecule has 1 atom stereocenters. The zero-order chi connectivity index (χ0) is 17.7. The number of carbonyl (C=O) groups is 1. The molecule has 1 unspecified atom stereocenters. The Bertz CT molecular complexity index is 805. The van der Waals surface area contributed by atoms with Crippen LogP contribution in [0, 0.1) is 0 Å². The summed E-state index contributed by atoms with van der Waals surface area (Å²) in [5.74, 6) is -0.499. The van der Waals surface area contributed by atoms with Crippen molar-refractivity contribution in [2.45, 2.75) is 17.4 Å². The Morgan fingerprint density at radius 1 is 1.04 bits per heavy atom. The summed E-state index contributed by atoms with van der Waals surface area (Å²) in [6.07, 6.45) is -0.103. The van der Waals surface area contributed by atoms with Crippen LogP contribution in [0.15, 0.2) is 62.4 Å². The fraction of sp³-hybridized carbons (Fsp3) is 0.188. The average Bonchev–Trinajstić information content (AvgIpc) is 2.55. The Balaban J connectivity index is 2.31. The van der Waals surface area contributed by atoms with E-state index in [4.69, 9.17) is 0 Å². The second kappa shape index (κ2) is 8.24. The Kier molecular flexibility index (Phi) is 6.56. The fourth-order valence-corrected chi connectivity index (χ4v) is 3.79. The lowest BCUT2D eigenvalue weighted by molar-refractivity contribution is -0.141. The first kappa shape index (κ1) is 19.1. The highest BCUT2D eigenvalue weighted by Crippen LogP contribution is 2.23. The predicted molar refractivity (Wildman–Crippen MR) is 98.0 cm³/mol. The third-order valence-electron chi connectivity index (χ3n) is 3.29. The van der Waals surface area contributed by atoms with E-state index in [9.17, 15) is 13.2 Å². The number of ether oxygens (including phenoxy) is 1. The van der Waals surface area contributed by atoms with Crippen molar-refractivity contribution in [2.75, 3.05) is 7.11 Å². The van der Waals surface area contributed by atoms with E-state index in [1.165, 1.54) is 19.2 Å². The SMILES string of the molecule is COC(=O)CC(NS(=O)(=O)c1ccc(Br)cc1)c1ccc(Br)cc1. The minimum Gasteiger partial charge on any atom is -0.469 e. The van der Waals surface area contributed by atoms with Crippen molar-refractivity contribution in [2.24, 2.45) is 0 Å². The number of halogens is 2. The number of esters is 1. The van der Waals surface area contributed by atoms with Crippen molar-refractivity contribution in [3.05, 3.63) is 63.0 Å². The molecule has 0 aliphatic heterocycles. The monoisotopic (exact) mass is 475 g/mol. The topological polar surface area (TPSA) is 72.5 Å². The van der Waals surface area contributed by atoms with E-state index >= 15 is 0 Å². The van der Waals surface area contributed by atoms with Crippen LogP contribution in [0.25, 0.3) is 0 Å². The van der Waals surface area contributed by atoms with Gasteiger partial charge in [-0.3, -0.25) is 4.79 Å². The molecule has 0 aromatic heterocycles. The molecule has 2 rings (SSSR count). The smallest absolute Gasteiger partial charge is 0.307 e. The van der Waals surface area contributed by atoms with Crippen molar-refractivity contribution in [1.29, 1.82) is 0 Å². The summed E-state index contributed by atoms with van der Waals surface area (Å²) in [6, 6.07) is 12.6. The maximum Gasteiger partial charge on any atom is 0.307 e. The van der Waals surface area contributed by atoms with E-state index in [-0.39, 0.29) is 11.3 Å². The predicted octanol–water partition coefficient (Wildman–Crippen LogP) is 3.79. The maximum atomic E-state index is 12.6. The van der Waals surface area contributed by atoms with Crippen LogP contribution in [0.5, 0.6) is 0 Å². The summed E-state index contributed by atoms with van der Waals surface area (Å²) in [4.78, 5) is 11.8. The zero-order valence-corrected chi connectivity index (χ0v) is 16.7. The number of hydrogen-bond acceptors (Lipinski definition) is 4. The molecule has 5 nitrogen and oxygen atoms in total. The van der Waals surface area contributed by atoms with Crippen LogP contribution in [-0.4, -0.2) is 21.5 Å². The van der Waals surface area contributed by atoms with E-state index in [1.807, 2.05) is 0 Å². The summed E-state index contributed by atoms with van der Waals surface area (Å²) in [5, 5.41) is 0. The average molecular weight is 477 g/mol. The normalized spacial score (nSPS) is 12.6. The molecule has 0 aliphatic carbocycles. The van der Waals surface area contributed by atoms with Crippen molar-refractivity contribution < 1.29 is 17.9 Å². The number of hydrogen-bond donors (Lipinski definition) is 1. The number of carbonyl (C=O) groups excluding carboxylic acids is 1. The van der Waals surface area contributed by atoms with Gasteiger partial charge >= 0.3 is 5.97 Å². The highest BCUT2D eigenvalue weighted by atomic mass is 79.9. The summed E-state index contributed by atoms with van der Waals surface area (Å²) in [5.41, 5.74) is 0.671. The molecule has 2 aromatic carbocycles. The van der Waals surface area contributed by atoms with Gasteiger partial charge in [-0.05, 0) is 42.0 Å². The van der Waals surface area contributed by atoms with Gasteiger partial charge in [0.05, 0.1) is 24.5 Å². The van der Waals surface area contributed by atoms with Gasteiger partial charge in [0.2, 0.25) is 10.0 Å². The molecule has 0 saturated carbocycles. The fourth-order valence-electron chi connectivity index (χ4n) is 2.04. The van der Waals surface area contributed by atoms with E-state index in [0.29, 0.717) is 5.56 Å². The van der Waals surface area contributed by atoms with Crippen LogP contribution < -0.4 is 4.72 Å². The quantitative estimate of drug-likeness (QED) is 0.643. The third-order valence-corrected chi connectivity index (χ3v) is 5.84. The van der Waals surface area contributed by atoms with Crippen LogP contribution in [0.2, 0.25) is 0 Å². The van der Waals surface area contributed by atoms with Gasteiger partial charge < -0.3 is 4.74 Å². The molecule has 0 amide bonds. The Hall–Kier alpha value is -1.22. The summed E-state index contributed by atoms with van der Waals surface area (Å²) in [7, 11) is -2.51. The van der Waals surface area contributed by atoms with Crippen molar-refractivity contribution >= 4 is 47.9 Å². The molecule has 0 bridgehead atoms. The Morgan fingerprint density at radius 2 is 1.54 bits per heavy atom. The van der Waals surface area contributed by atoms with E-state index in [2.05, 4.69) is 41.3 Å². The Morgan fingerprint density at radius 3 is 2.04 bits per heavy atom. The first-order valence-electron chi connectivity index (χ1n) is 6.92. The second-order valence-corrected chi connectivity index (χ2v) is 8.50. The number of rotatable bonds is 6. The molecule has 0 spiro atoms. The van der Waals surface area contributed by atoms with Crippen molar-refractivity contribution in [3.63, 3.8) is 0 Å². The Labute approximate surface area is 157 Å². The largest absolute Gasteiger partial charge is 0.469 e. The lowest BCUT2D eigenvalue weighted by Gasteiger charge is -2.18. The number of sulfonamides is 1. The molecule has 8 heteroatoms. The lowest BCUT2D eigenvalue weighted by Crippen LogP contribution is -2.30. The molecule has 1 N–H and O–H groups in total. The van der Waals surface area contributed by atoms with Crippen LogP contribution in [0.3, 0.4) is 0 Å². The van der Waals surface area contributed by atoms with Gasteiger partial charge in [0, 0.05) is 8.95 Å². The first-order chi connectivity index (χ1) is 11.3. The molecule has 24 heavy (non-hydrogen) atoms. The first-order valence-corrected chi connectivity index (χ1v) is 9.99. The van der Waals surface area contributed by atoms with Gasteiger partial charge in [-0.15, -0.1) is 0 Å². The number of methoxy groups -OCH3 is 1. The summed E-state index contributed by atoms with van der Waals surface area (Å²) in [6.45, 7) is 0. The molecule has 0 heterocycles. The zero-order valence-electron chi connectivity index (χ0n) is 12.7. The van der Waals surface area contributed by atoms with Gasteiger partial charge in [0.25, 0.3) is 0 Å². The van der Waals surface area contributed by atoms with E-state index in [1.54, 1.807) is 36.4 Å². The van der Waals surface area contributed by atoms with E-state index in [0.717, 1.165) is 8.95 Å². The lowest BCUT2D eigenvalue weighted by atomic mass is 10.1. The summed E-state index contributed by atoms with van der Waals surface area (Å²) >= 11 is 6.60. The van der Waals surface area contributed by atoms with Crippen LogP contribution in [0.1, 0.15) is 18.0 Å². The van der Waals surface area contributed by atoms with Gasteiger partial charge in [-0.1, -0.05) is 44.0 Å². The molecule has 0 aliphatic rings. The molecule has 0 saturated heterocycles. The molecule has 0 radical (unpaired) electrons. The maximum absolute atomic E-state index is 12.6. The molecular weight excluding hydrogens is 462 g/mol. The molecule has 2 aromatic rings. The van der Waals surface area contributed by atoms with Gasteiger partial charge in [0.15, 0.2) is 0 Å². The van der Waals surface area contributed by atoms with Crippen molar-refractivity contribution in [1.82, 2.24) is 4.72 Å². The van der Waals surface area contributed by atoms with Crippen molar-refractivity contribution in [3.8, 4) is 0 Å². The third kappa shape index (κ3) is 5.14. The number of benzene rings is 2. The minimum absolute atomic E-state index is 0.103. The highest BCUT2D eigenvalue weighted by molar-refractivity contribution is 9.10. The van der Waals surface area contributed by atoms with Gasteiger partial charge in [0.1, 0.15) is 0 Å². The van der Waals surface area contributed by atoms with E-state index < -0.39 is 22.0 Å². The number of nitrogens with one attached hydrogen (secondary N) is 1. The van der Waals surface area contributed by atoms with Crippen LogP contribution in [0.4, 0.5) is 0 Å². The van der Waals surface area contributed by atoms with Crippen LogP contribution in [-0.2, 0) is 19.6 Å². The second-order valence-electron chi connectivity index (χ2n) is 4.96. The highest BCUT2D eigenvalue weighted by Gasteiger charge is 2.24. The van der Waals surface area contributed by atoms with Crippen LogP contribution >= 0.6 is 31.9 Å².